The Morgan fingerprint density at radius 3 is 2.17 bits per heavy atom. The minimum atomic E-state index is 0.202. The summed E-state index contributed by atoms with van der Waals surface area (Å²) in [6, 6.07) is 30.2. The van der Waals surface area contributed by atoms with Crippen LogP contribution in [0.3, 0.4) is 0 Å². The van der Waals surface area contributed by atoms with Crippen molar-refractivity contribution in [1.29, 1.82) is 0 Å². The van der Waals surface area contributed by atoms with Crippen molar-refractivity contribution in [2.24, 2.45) is 5.92 Å². The lowest BCUT2D eigenvalue weighted by Crippen LogP contribution is -2.11. The fraction of sp³-hybridized carbons (Fsp3) is 0.214. The lowest BCUT2D eigenvalue weighted by molar-refractivity contribution is 0.326. The van der Waals surface area contributed by atoms with Crippen LogP contribution in [-0.2, 0) is 4.74 Å². The highest BCUT2D eigenvalue weighted by atomic mass is 16.5. The van der Waals surface area contributed by atoms with E-state index in [2.05, 4.69) is 105 Å². The van der Waals surface area contributed by atoms with E-state index in [1.807, 2.05) is 0 Å². The second-order valence-corrected chi connectivity index (χ2v) is 8.43. The monoisotopic (exact) mass is 378 g/mol. The first kappa shape index (κ1) is 18.0. The highest BCUT2D eigenvalue weighted by molar-refractivity contribution is 5.86. The maximum absolute atomic E-state index is 6.68. The molecule has 0 spiro atoms. The third kappa shape index (κ3) is 3.21. The van der Waals surface area contributed by atoms with Crippen LogP contribution < -0.4 is 0 Å². The van der Waals surface area contributed by atoms with Crippen LogP contribution in [0, 0.1) is 5.92 Å². The lowest BCUT2D eigenvalue weighted by atomic mass is 9.85. The molecule has 0 saturated carbocycles. The zero-order chi connectivity index (χ0) is 19.8. The summed E-state index contributed by atoms with van der Waals surface area (Å²) in [6.07, 6.45) is 3.40. The SMILES string of the molecule is CC(C)CC1C2=C(c3ccccc31)C(c1ccccc1)C=C(c1ccccc1)O2. The molecule has 29 heavy (non-hydrogen) atoms. The molecule has 3 aromatic carbocycles. The summed E-state index contributed by atoms with van der Waals surface area (Å²) in [7, 11) is 0. The van der Waals surface area contributed by atoms with Crippen LogP contribution in [0.15, 0.2) is 96.8 Å². The summed E-state index contributed by atoms with van der Waals surface area (Å²) in [6.45, 7) is 4.60. The van der Waals surface area contributed by atoms with Crippen LogP contribution in [0.25, 0.3) is 11.3 Å². The lowest BCUT2D eigenvalue weighted by Gasteiger charge is -2.28. The number of hydrogen-bond acceptors (Lipinski definition) is 1. The molecule has 1 nitrogen and oxygen atoms in total. The van der Waals surface area contributed by atoms with E-state index < -0.39 is 0 Å². The fourth-order valence-electron chi connectivity index (χ4n) is 4.73. The fourth-order valence-corrected chi connectivity index (χ4v) is 4.73. The third-order valence-corrected chi connectivity index (χ3v) is 5.98. The van der Waals surface area contributed by atoms with E-state index in [1.54, 1.807) is 0 Å². The topological polar surface area (TPSA) is 9.23 Å². The number of fused-ring (bicyclic) bond motifs is 2. The standard InChI is InChI=1S/C28H26O/c1-19(2)17-25-22-15-9-10-16-23(22)27-24(20-11-5-3-6-12-20)18-26(29-28(25)27)21-13-7-4-8-14-21/h3-16,18-19,24-25H,17H2,1-2H3. The Morgan fingerprint density at radius 2 is 1.45 bits per heavy atom. The predicted molar refractivity (Wildman–Crippen MR) is 120 cm³/mol. The molecule has 0 amide bonds. The molecule has 0 bridgehead atoms. The normalized spacial score (nSPS) is 20.2. The molecule has 1 heteroatoms. The summed E-state index contributed by atoms with van der Waals surface area (Å²) in [5, 5.41) is 0. The van der Waals surface area contributed by atoms with Crippen LogP contribution >= 0.6 is 0 Å². The number of allylic oxidation sites excluding steroid dienone is 3. The molecule has 0 saturated heterocycles. The smallest absolute Gasteiger partial charge is 0.131 e. The Bertz CT molecular complexity index is 1070. The Morgan fingerprint density at radius 1 is 0.793 bits per heavy atom. The van der Waals surface area contributed by atoms with Gasteiger partial charge in [0.1, 0.15) is 11.5 Å². The molecule has 1 aliphatic heterocycles. The van der Waals surface area contributed by atoms with E-state index in [9.17, 15) is 0 Å². The maximum atomic E-state index is 6.68. The first-order valence-electron chi connectivity index (χ1n) is 10.6. The second kappa shape index (κ2) is 7.40. The van der Waals surface area contributed by atoms with Gasteiger partial charge in [0.25, 0.3) is 0 Å². The number of rotatable bonds is 4. The van der Waals surface area contributed by atoms with E-state index in [4.69, 9.17) is 4.74 Å². The molecule has 1 aliphatic carbocycles. The first-order chi connectivity index (χ1) is 14.2. The van der Waals surface area contributed by atoms with Gasteiger partial charge in [0, 0.05) is 23.0 Å². The van der Waals surface area contributed by atoms with Crippen LogP contribution in [0.2, 0.25) is 0 Å². The molecule has 2 unspecified atom stereocenters. The zero-order valence-corrected chi connectivity index (χ0v) is 17.0. The summed E-state index contributed by atoms with van der Waals surface area (Å²) in [5.74, 6) is 3.24. The molecule has 0 N–H and O–H groups in total. The van der Waals surface area contributed by atoms with E-state index in [-0.39, 0.29) is 5.92 Å². The molecule has 1 heterocycles. The van der Waals surface area contributed by atoms with Gasteiger partial charge in [0.15, 0.2) is 0 Å². The molecule has 3 aromatic rings. The van der Waals surface area contributed by atoms with Crippen molar-refractivity contribution in [2.75, 3.05) is 0 Å². The van der Waals surface area contributed by atoms with Gasteiger partial charge in [-0.15, -0.1) is 0 Å². The summed E-state index contributed by atoms with van der Waals surface area (Å²) < 4.78 is 6.68. The molecule has 0 aromatic heterocycles. The van der Waals surface area contributed by atoms with Crippen LogP contribution in [-0.4, -0.2) is 0 Å². The van der Waals surface area contributed by atoms with E-state index in [0.717, 1.165) is 23.5 Å². The largest absolute Gasteiger partial charge is 0.460 e. The minimum Gasteiger partial charge on any atom is -0.460 e. The Kier molecular flexibility index (Phi) is 4.60. The molecular formula is C28H26O. The van der Waals surface area contributed by atoms with Gasteiger partial charge in [-0.05, 0) is 35.1 Å². The quantitative estimate of drug-likeness (QED) is 0.460. The Balaban J connectivity index is 1.69. The Labute approximate surface area is 173 Å². The van der Waals surface area contributed by atoms with Crippen molar-refractivity contribution in [3.8, 4) is 0 Å². The van der Waals surface area contributed by atoms with Crippen LogP contribution in [0.1, 0.15) is 54.4 Å². The summed E-state index contributed by atoms with van der Waals surface area (Å²) >= 11 is 0. The summed E-state index contributed by atoms with van der Waals surface area (Å²) in [4.78, 5) is 0. The molecule has 5 rings (SSSR count). The van der Waals surface area contributed by atoms with Crippen molar-refractivity contribution >= 4 is 11.3 Å². The van der Waals surface area contributed by atoms with Crippen molar-refractivity contribution in [3.63, 3.8) is 0 Å². The first-order valence-corrected chi connectivity index (χ1v) is 10.6. The molecule has 0 radical (unpaired) electrons. The van der Waals surface area contributed by atoms with E-state index in [1.165, 1.54) is 22.3 Å². The van der Waals surface area contributed by atoms with Gasteiger partial charge < -0.3 is 4.74 Å². The average molecular weight is 379 g/mol. The number of hydrogen-bond donors (Lipinski definition) is 0. The van der Waals surface area contributed by atoms with Gasteiger partial charge in [-0.3, -0.25) is 0 Å². The molecule has 2 aliphatic rings. The average Bonchev–Trinajstić information content (AvgIpc) is 3.08. The highest BCUT2D eigenvalue weighted by Gasteiger charge is 2.39. The highest BCUT2D eigenvalue weighted by Crippen LogP contribution is 2.54. The molecule has 144 valence electrons. The minimum absolute atomic E-state index is 0.202. The second-order valence-electron chi connectivity index (χ2n) is 8.43. The van der Waals surface area contributed by atoms with Gasteiger partial charge in [-0.25, -0.2) is 0 Å². The van der Waals surface area contributed by atoms with Crippen molar-refractivity contribution < 1.29 is 4.74 Å². The van der Waals surface area contributed by atoms with Crippen molar-refractivity contribution in [3.05, 3.63) is 119 Å². The Hall–Kier alpha value is -3.06. The van der Waals surface area contributed by atoms with Crippen LogP contribution in [0.5, 0.6) is 0 Å². The maximum Gasteiger partial charge on any atom is 0.131 e. The van der Waals surface area contributed by atoms with Gasteiger partial charge in [0.05, 0.1) is 0 Å². The van der Waals surface area contributed by atoms with Gasteiger partial charge >= 0.3 is 0 Å². The van der Waals surface area contributed by atoms with E-state index in [0.29, 0.717) is 11.8 Å². The van der Waals surface area contributed by atoms with Crippen molar-refractivity contribution in [2.45, 2.75) is 32.1 Å². The van der Waals surface area contributed by atoms with E-state index >= 15 is 0 Å². The zero-order valence-electron chi connectivity index (χ0n) is 17.0. The van der Waals surface area contributed by atoms with Gasteiger partial charge in [-0.1, -0.05) is 98.8 Å². The third-order valence-electron chi connectivity index (χ3n) is 5.98. The van der Waals surface area contributed by atoms with Gasteiger partial charge in [0.2, 0.25) is 0 Å². The van der Waals surface area contributed by atoms with Crippen molar-refractivity contribution in [1.82, 2.24) is 0 Å². The molecular weight excluding hydrogens is 352 g/mol. The number of ether oxygens (including phenoxy) is 1. The molecule has 2 atom stereocenters. The summed E-state index contributed by atoms with van der Waals surface area (Å²) in [5.41, 5.74) is 6.56. The van der Waals surface area contributed by atoms with Crippen LogP contribution in [0.4, 0.5) is 0 Å². The predicted octanol–water partition coefficient (Wildman–Crippen LogP) is 7.40. The van der Waals surface area contributed by atoms with Gasteiger partial charge in [-0.2, -0.15) is 0 Å². The molecule has 0 fully saturated rings. The number of benzene rings is 3.